The first-order chi connectivity index (χ1) is 2.00. The Bertz CT molecular complexity index is 94.0. The van der Waals surface area contributed by atoms with Crippen LogP contribution in [0, 0.1) is 49.4 Å². The first kappa shape index (κ1) is 10.5. The minimum atomic E-state index is -3.67. The number of hydrogen-bond acceptors (Lipinski definition) is 2. The summed E-state index contributed by atoms with van der Waals surface area (Å²) in [6, 6.07) is 0. The van der Waals surface area contributed by atoms with Crippen molar-refractivity contribution in [3.63, 3.8) is 0 Å². The zero-order chi connectivity index (χ0) is 4.50. The van der Waals surface area contributed by atoms with E-state index in [1.54, 1.807) is 0 Å². The van der Waals surface area contributed by atoms with Gasteiger partial charge in [0.15, 0.2) is 0 Å². The fraction of sp³-hybridized carbons (Fsp3) is 1.00. The maximum atomic E-state index is 9.19. The second-order valence-electron chi connectivity index (χ2n) is 0.733. The van der Waals surface area contributed by atoms with E-state index in [0.717, 1.165) is 0 Å². The molecule has 0 spiro atoms. The van der Waals surface area contributed by atoms with Crippen LogP contribution >= 0.6 is 0 Å². The van der Waals surface area contributed by atoms with Crippen molar-refractivity contribution in [1.82, 2.24) is 0 Å². The van der Waals surface area contributed by atoms with Gasteiger partial charge in [0.2, 0.25) is 0 Å². The number of rotatable bonds is 0. The molecular weight excluding hydrogens is 244 g/mol. The molecule has 0 fully saturated rings. The maximum absolute atomic E-state index is 9.19. The molecule has 0 saturated carbocycles. The first-order valence-corrected chi connectivity index (χ1v) is 2.77. The molecule has 0 rings (SSSR count). The van der Waals surface area contributed by atoms with Gasteiger partial charge in [-0.2, -0.15) is 8.42 Å². The van der Waals surface area contributed by atoms with Crippen molar-refractivity contribution in [1.29, 1.82) is 0 Å². The Morgan fingerprint density at radius 2 is 1.50 bits per heavy atom. The molecule has 0 aromatic heterocycles. The smallest absolute Gasteiger partial charge is 0.261 e. The molecule has 0 amide bonds. The van der Waals surface area contributed by atoms with Crippen molar-refractivity contribution in [3.05, 3.63) is 0 Å². The molecule has 0 unspecified atom stereocenters. The van der Waals surface area contributed by atoms with Crippen LogP contribution in [-0.4, -0.2) is 19.2 Å². The van der Waals surface area contributed by atoms with Gasteiger partial charge in [-0.15, -0.1) is 0 Å². The molecule has 0 aliphatic heterocycles. The summed E-state index contributed by atoms with van der Waals surface area (Å²) in [6.45, 7) is 0. The van der Waals surface area contributed by atoms with Gasteiger partial charge in [-0.1, -0.05) is 0 Å². The van der Waals surface area contributed by atoms with Crippen LogP contribution in [0.25, 0.3) is 0 Å². The van der Waals surface area contributed by atoms with Crippen molar-refractivity contribution in [3.8, 4) is 0 Å². The van der Waals surface area contributed by atoms with E-state index in [1.165, 1.54) is 0 Å². The van der Waals surface area contributed by atoms with E-state index in [-0.39, 0.29) is 49.4 Å². The van der Waals surface area contributed by atoms with E-state index >= 15 is 0 Å². The molecule has 5 heteroatoms. The third-order valence-electron chi connectivity index (χ3n) is 0. The van der Waals surface area contributed by atoms with Crippen LogP contribution in [-0.2, 0) is 10.1 Å². The van der Waals surface area contributed by atoms with Crippen LogP contribution in [0.3, 0.4) is 0 Å². The monoisotopic (exact) mass is 249 g/mol. The summed E-state index contributed by atoms with van der Waals surface area (Å²) in [5.74, 6) is 0. The molecule has 0 aromatic carbocycles. The van der Waals surface area contributed by atoms with Gasteiger partial charge in [0, 0.05) is 49.4 Å². The summed E-state index contributed by atoms with van der Waals surface area (Å²) in [6.07, 6.45) is 0.715. The summed E-state index contributed by atoms with van der Waals surface area (Å²) in [4.78, 5) is 0. The Hall–Kier alpha value is 1.49. The van der Waals surface area contributed by atoms with Gasteiger partial charge in [-0.05, 0) is 0 Å². The molecule has 0 saturated heterocycles. The molecule has 0 atom stereocenters. The molecule has 6 heavy (non-hydrogen) atoms. The van der Waals surface area contributed by atoms with E-state index in [9.17, 15) is 8.42 Å². The molecule has 0 aromatic rings. The van der Waals surface area contributed by atoms with Crippen LogP contribution in [0.15, 0.2) is 0 Å². The van der Waals surface area contributed by atoms with E-state index in [0.29, 0.717) is 6.26 Å². The van der Waals surface area contributed by atoms with Crippen molar-refractivity contribution in [2.24, 2.45) is 0 Å². The summed E-state index contributed by atoms with van der Waals surface area (Å²) in [5, 5.41) is 0. The third kappa shape index (κ3) is 49.7. The molecule has 3 nitrogen and oxygen atoms in total. The Balaban J connectivity index is 0. The zero-order valence-electron chi connectivity index (χ0n) is 3.05. The van der Waals surface area contributed by atoms with Crippen molar-refractivity contribution < 1.29 is 62.3 Å². The van der Waals surface area contributed by atoms with Crippen molar-refractivity contribution in [2.45, 2.75) is 0 Å². The summed E-state index contributed by atoms with van der Waals surface area (Å²) in [5.41, 5.74) is 0. The van der Waals surface area contributed by atoms with Gasteiger partial charge in [0.25, 0.3) is 10.1 Å². The topological polar surface area (TPSA) is 54.4 Å². The van der Waals surface area contributed by atoms with Gasteiger partial charge in [-0.25, -0.2) is 0 Å². The Kier molecular flexibility index (Phi) is 6.09. The van der Waals surface area contributed by atoms with Crippen LogP contribution in [0.5, 0.6) is 0 Å². The number of hydrogen-bond donors (Lipinski definition) is 1. The molecule has 0 aliphatic rings. The fourth-order valence-corrected chi connectivity index (χ4v) is 0. The predicted octanol–water partition coefficient (Wildman–Crippen LogP) is -0.496. The molecular formula is CH4EuO3S. The van der Waals surface area contributed by atoms with E-state index in [1.807, 2.05) is 0 Å². The molecule has 0 heterocycles. The average molecular weight is 248 g/mol. The van der Waals surface area contributed by atoms with Crippen molar-refractivity contribution in [2.75, 3.05) is 6.26 Å². The summed E-state index contributed by atoms with van der Waals surface area (Å²) < 4.78 is 25.9. The minimum Gasteiger partial charge on any atom is -0.286 e. The summed E-state index contributed by atoms with van der Waals surface area (Å²) in [7, 11) is -3.67. The molecule has 0 bridgehead atoms. The Morgan fingerprint density at radius 1 is 1.50 bits per heavy atom. The molecule has 0 aliphatic carbocycles. The first-order valence-electron chi connectivity index (χ1n) is 0.924. The second kappa shape index (κ2) is 3.49. The third-order valence-corrected chi connectivity index (χ3v) is 0. The minimum absolute atomic E-state index is 0. The standard InChI is InChI=1S/CH4O3S.Eu/c1-5(2,3)4;/h1H3,(H,2,3,4);. The average Bonchev–Trinajstić information content (AvgIpc) is 0.722. The normalized spacial score (nSPS) is 9.67. The Labute approximate surface area is 77.4 Å². The van der Waals surface area contributed by atoms with Gasteiger partial charge in [0.05, 0.1) is 6.26 Å². The molecule has 1 radical (unpaired) electrons. The van der Waals surface area contributed by atoms with E-state index in [4.69, 9.17) is 4.55 Å². The van der Waals surface area contributed by atoms with E-state index in [2.05, 4.69) is 0 Å². The summed E-state index contributed by atoms with van der Waals surface area (Å²) >= 11 is 0. The fourth-order valence-electron chi connectivity index (χ4n) is 0. The van der Waals surface area contributed by atoms with Crippen LogP contribution in [0.2, 0.25) is 0 Å². The van der Waals surface area contributed by atoms with Crippen molar-refractivity contribution >= 4 is 10.1 Å². The van der Waals surface area contributed by atoms with Gasteiger partial charge in [0.1, 0.15) is 0 Å². The maximum Gasteiger partial charge on any atom is 0.261 e. The zero-order valence-corrected chi connectivity index (χ0v) is 6.29. The Morgan fingerprint density at radius 3 is 1.50 bits per heavy atom. The van der Waals surface area contributed by atoms with Gasteiger partial charge >= 0.3 is 0 Å². The van der Waals surface area contributed by atoms with Crippen LogP contribution in [0.1, 0.15) is 0 Å². The largest absolute Gasteiger partial charge is 0.286 e. The molecule has 1 N–H and O–H groups in total. The van der Waals surface area contributed by atoms with Crippen LogP contribution in [0.4, 0.5) is 0 Å². The quantitative estimate of drug-likeness (QED) is 0.588. The molecule has 39 valence electrons. The van der Waals surface area contributed by atoms with Crippen LogP contribution < -0.4 is 0 Å². The van der Waals surface area contributed by atoms with E-state index < -0.39 is 10.1 Å². The predicted molar refractivity (Wildman–Crippen MR) is 17.5 cm³/mol. The second-order valence-corrected chi connectivity index (χ2v) is 2.20. The van der Waals surface area contributed by atoms with Gasteiger partial charge in [-0.3, -0.25) is 4.55 Å². The SMILES string of the molecule is CS(=O)(=O)O.[Eu]. The van der Waals surface area contributed by atoms with Gasteiger partial charge < -0.3 is 0 Å².